The molecule has 1 rings (SSSR count). The average Bonchev–Trinajstić information content (AvgIpc) is 2.07. The molecule has 0 heterocycles. The molecule has 0 aliphatic heterocycles. The van der Waals surface area contributed by atoms with Crippen LogP contribution in [0.25, 0.3) is 0 Å². The molecule has 2 heteroatoms. The maximum Gasteiger partial charge on any atom is 0.0655 e. The third-order valence-electron chi connectivity index (χ3n) is 2.40. The first-order valence-corrected chi connectivity index (χ1v) is 4.49. The van der Waals surface area contributed by atoms with Gasteiger partial charge in [-0.1, -0.05) is 6.92 Å². The number of nitriles is 1. The van der Waals surface area contributed by atoms with E-state index in [1.165, 1.54) is 12.8 Å². The molecule has 0 unspecified atom stereocenters. The SMILES string of the molecule is CCNC1CCC(C#N)CC1. The van der Waals surface area contributed by atoms with Crippen molar-refractivity contribution in [2.24, 2.45) is 5.92 Å². The Hall–Kier alpha value is -0.550. The summed E-state index contributed by atoms with van der Waals surface area (Å²) < 4.78 is 0. The van der Waals surface area contributed by atoms with Crippen LogP contribution in [0.4, 0.5) is 0 Å². The first-order valence-electron chi connectivity index (χ1n) is 4.49. The van der Waals surface area contributed by atoms with Crippen LogP contribution in [-0.4, -0.2) is 12.6 Å². The number of nitrogens with one attached hydrogen (secondary N) is 1. The van der Waals surface area contributed by atoms with Gasteiger partial charge in [0.25, 0.3) is 0 Å². The van der Waals surface area contributed by atoms with Gasteiger partial charge in [0.15, 0.2) is 0 Å². The molecule has 0 aromatic carbocycles. The fourth-order valence-electron chi connectivity index (χ4n) is 1.72. The van der Waals surface area contributed by atoms with Gasteiger partial charge in [0.2, 0.25) is 0 Å². The highest BCUT2D eigenvalue weighted by Crippen LogP contribution is 2.23. The molecule has 11 heavy (non-hydrogen) atoms. The lowest BCUT2D eigenvalue weighted by Gasteiger charge is -2.24. The lowest BCUT2D eigenvalue weighted by atomic mass is 9.87. The number of hydrogen-bond acceptors (Lipinski definition) is 2. The molecule has 0 bridgehead atoms. The Morgan fingerprint density at radius 2 is 2.00 bits per heavy atom. The molecule has 2 nitrogen and oxygen atoms in total. The summed E-state index contributed by atoms with van der Waals surface area (Å²) in [4.78, 5) is 0. The Morgan fingerprint density at radius 1 is 1.36 bits per heavy atom. The molecule has 0 saturated heterocycles. The van der Waals surface area contributed by atoms with E-state index in [1.807, 2.05) is 0 Å². The van der Waals surface area contributed by atoms with Crippen LogP contribution in [0, 0.1) is 17.2 Å². The van der Waals surface area contributed by atoms with Crippen LogP contribution in [0.3, 0.4) is 0 Å². The molecular formula is C9H16N2. The summed E-state index contributed by atoms with van der Waals surface area (Å²) >= 11 is 0. The molecule has 1 saturated carbocycles. The Bertz CT molecular complexity index is 140. The van der Waals surface area contributed by atoms with Gasteiger partial charge in [-0.2, -0.15) is 5.26 Å². The van der Waals surface area contributed by atoms with E-state index in [0.717, 1.165) is 19.4 Å². The van der Waals surface area contributed by atoms with Gasteiger partial charge >= 0.3 is 0 Å². The first-order chi connectivity index (χ1) is 5.36. The molecule has 1 aliphatic carbocycles. The molecule has 0 aromatic rings. The van der Waals surface area contributed by atoms with Crippen LogP contribution in [-0.2, 0) is 0 Å². The van der Waals surface area contributed by atoms with Gasteiger partial charge in [0, 0.05) is 12.0 Å². The minimum absolute atomic E-state index is 0.338. The average molecular weight is 152 g/mol. The van der Waals surface area contributed by atoms with Crippen molar-refractivity contribution in [3.8, 4) is 6.07 Å². The second-order valence-electron chi connectivity index (χ2n) is 3.24. The maximum atomic E-state index is 8.64. The van der Waals surface area contributed by atoms with Crippen molar-refractivity contribution in [2.45, 2.75) is 38.6 Å². The summed E-state index contributed by atoms with van der Waals surface area (Å²) in [6.45, 7) is 3.19. The van der Waals surface area contributed by atoms with E-state index in [4.69, 9.17) is 5.26 Å². The molecule has 1 N–H and O–H groups in total. The molecule has 0 aromatic heterocycles. The summed E-state index contributed by atoms with van der Waals surface area (Å²) in [5, 5.41) is 12.1. The van der Waals surface area contributed by atoms with Crippen LogP contribution < -0.4 is 5.32 Å². The second-order valence-corrected chi connectivity index (χ2v) is 3.24. The topological polar surface area (TPSA) is 35.8 Å². The van der Waals surface area contributed by atoms with Crippen LogP contribution in [0.1, 0.15) is 32.6 Å². The minimum atomic E-state index is 0.338. The van der Waals surface area contributed by atoms with E-state index >= 15 is 0 Å². The summed E-state index contributed by atoms with van der Waals surface area (Å²) in [7, 11) is 0. The normalized spacial score (nSPS) is 31.3. The minimum Gasteiger partial charge on any atom is -0.314 e. The Labute approximate surface area is 68.6 Å². The lowest BCUT2D eigenvalue weighted by molar-refractivity contribution is 0.337. The van der Waals surface area contributed by atoms with Crippen molar-refractivity contribution in [1.82, 2.24) is 5.32 Å². The van der Waals surface area contributed by atoms with E-state index < -0.39 is 0 Å². The second kappa shape index (κ2) is 4.35. The molecule has 0 atom stereocenters. The fraction of sp³-hybridized carbons (Fsp3) is 0.889. The van der Waals surface area contributed by atoms with E-state index in [-0.39, 0.29) is 0 Å². The van der Waals surface area contributed by atoms with E-state index in [0.29, 0.717) is 12.0 Å². The third-order valence-corrected chi connectivity index (χ3v) is 2.40. The molecular weight excluding hydrogens is 136 g/mol. The standard InChI is InChI=1S/C9H16N2/c1-2-11-9-5-3-8(7-10)4-6-9/h8-9,11H,2-6H2,1H3. The van der Waals surface area contributed by atoms with Gasteiger partial charge in [0.05, 0.1) is 6.07 Å². The van der Waals surface area contributed by atoms with Gasteiger partial charge in [-0.25, -0.2) is 0 Å². The van der Waals surface area contributed by atoms with Crippen LogP contribution in [0.15, 0.2) is 0 Å². The van der Waals surface area contributed by atoms with Crippen molar-refractivity contribution in [2.75, 3.05) is 6.54 Å². The highest BCUT2D eigenvalue weighted by atomic mass is 14.9. The number of hydrogen-bond donors (Lipinski definition) is 1. The van der Waals surface area contributed by atoms with Crippen LogP contribution >= 0.6 is 0 Å². The highest BCUT2D eigenvalue weighted by molar-refractivity contribution is 4.88. The van der Waals surface area contributed by atoms with Crippen molar-refractivity contribution >= 4 is 0 Å². The van der Waals surface area contributed by atoms with E-state index in [9.17, 15) is 0 Å². The number of nitrogens with zero attached hydrogens (tertiary/aromatic N) is 1. The van der Waals surface area contributed by atoms with Gasteiger partial charge in [-0.15, -0.1) is 0 Å². The highest BCUT2D eigenvalue weighted by Gasteiger charge is 2.19. The van der Waals surface area contributed by atoms with Crippen LogP contribution in [0.2, 0.25) is 0 Å². The molecule has 0 spiro atoms. The van der Waals surface area contributed by atoms with Crippen molar-refractivity contribution in [3.05, 3.63) is 0 Å². The molecule has 0 amide bonds. The fourth-order valence-corrected chi connectivity index (χ4v) is 1.72. The monoisotopic (exact) mass is 152 g/mol. The zero-order chi connectivity index (χ0) is 8.10. The molecule has 0 radical (unpaired) electrons. The Morgan fingerprint density at radius 3 is 2.45 bits per heavy atom. The molecule has 1 fully saturated rings. The number of rotatable bonds is 2. The Balaban J connectivity index is 2.20. The predicted octanol–water partition coefficient (Wildman–Crippen LogP) is 1.68. The zero-order valence-corrected chi connectivity index (χ0v) is 7.14. The molecule has 1 aliphatic rings. The Kier molecular flexibility index (Phi) is 3.38. The quantitative estimate of drug-likeness (QED) is 0.653. The third kappa shape index (κ3) is 2.51. The zero-order valence-electron chi connectivity index (χ0n) is 7.14. The van der Waals surface area contributed by atoms with Gasteiger partial charge in [-0.3, -0.25) is 0 Å². The van der Waals surface area contributed by atoms with Crippen molar-refractivity contribution in [1.29, 1.82) is 5.26 Å². The summed E-state index contributed by atoms with van der Waals surface area (Å²) in [5.74, 6) is 0.338. The summed E-state index contributed by atoms with van der Waals surface area (Å²) in [5.41, 5.74) is 0. The lowest BCUT2D eigenvalue weighted by Crippen LogP contribution is -2.32. The predicted molar refractivity (Wildman–Crippen MR) is 45.0 cm³/mol. The van der Waals surface area contributed by atoms with E-state index in [1.54, 1.807) is 0 Å². The van der Waals surface area contributed by atoms with Gasteiger partial charge in [-0.05, 0) is 32.2 Å². The smallest absolute Gasteiger partial charge is 0.0655 e. The molecule has 62 valence electrons. The maximum absolute atomic E-state index is 8.64. The van der Waals surface area contributed by atoms with Gasteiger partial charge < -0.3 is 5.32 Å². The summed E-state index contributed by atoms with van der Waals surface area (Å²) in [6, 6.07) is 3.02. The van der Waals surface area contributed by atoms with Crippen molar-refractivity contribution in [3.63, 3.8) is 0 Å². The van der Waals surface area contributed by atoms with Crippen LogP contribution in [0.5, 0.6) is 0 Å². The first kappa shape index (κ1) is 8.55. The summed E-state index contributed by atoms with van der Waals surface area (Å²) in [6.07, 6.45) is 4.56. The largest absolute Gasteiger partial charge is 0.314 e. The van der Waals surface area contributed by atoms with E-state index in [2.05, 4.69) is 18.3 Å². The van der Waals surface area contributed by atoms with Gasteiger partial charge in [0.1, 0.15) is 0 Å². The van der Waals surface area contributed by atoms with Crippen molar-refractivity contribution < 1.29 is 0 Å².